The molecule has 0 spiro atoms. The Kier molecular flexibility index (Phi) is 3.86. The molecular weight excluding hydrogens is 268 g/mol. The molecule has 1 amide bonds. The normalized spacial score (nSPS) is 10.2. The molecule has 0 aliphatic rings. The number of hydrogen-bond donors (Lipinski definition) is 2. The van der Waals surface area contributed by atoms with Crippen molar-refractivity contribution in [2.75, 3.05) is 11.6 Å². The Bertz CT molecular complexity index is 606. The Morgan fingerprint density at radius 3 is 2.53 bits per heavy atom. The van der Waals surface area contributed by atoms with Gasteiger partial charge in [0, 0.05) is 16.6 Å². The largest absolute Gasteiger partial charge is 0.475 e. The van der Waals surface area contributed by atoms with Crippen LogP contribution in [0.5, 0.6) is 0 Å². The molecule has 7 heteroatoms. The van der Waals surface area contributed by atoms with E-state index < -0.39 is 11.9 Å². The highest BCUT2D eigenvalue weighted by Crippen LogP contribution is 2.18. The maximum atomic E-state index is 11.8. The lowest BCUT2D eigenvalue weighted by Crippen LogP contribution is -2.12. The zero-order valence-corrected chi connectivity index (χ0v) is 10.7. The van der Waals surface area contributed by atoms with E-state index in [-0.39, 0.29) is 11.5 Å². The number of rotatable bonds is 4. The van der Waals surface area contributed by atoms with Gasteiger partial charge in [0.25, 0.3) is 5.91 Å². The maximum absolute atomic E-state index is 11.8. The van der Waals surface area contributed by atoms with Gasteiger partial charge in [-0.15, -0.1) is 11.8 Å². The van der Waals surface area contributed by atoms with E-state index in [4.69, 9.17) is 5.11 Å². The fourth-order valence-electron chi connectivity index (χ4n) is 1.35. The van der Waals surface area contributed by atoms with Crippen LogP contribution in [-0.2, 0) is 0 Å². The molecule has 0 unspecified atom stereocenters. The van der Waals surface area contributed by atoms with Crippen LogP contribution in [0.15, 0.2) is 39.8 Å². The summed E-state index contributed by atoms with van der Waals surface area (Å²) in [5, 5.41) is 14.7. The molecule has 2 rings (SSSR count). The molecule has 0 aliphatic carbocycles. The lowest BCUT2D eigenvalue weighted by atomic mass is 10.3. The number of nitrogens with one attached hydrogen (secondary N) is 1. The number of nitrogens with zero attached hydrogens (tertiary/aromatic N) is 1. The van der Waals surface area contributed by atoms with Gasteiger partial charge >= 0.3 is 5.97 Å². The first kappa shape index (κ1) is 13.2. The highest BCUT2D eigenvalue weighted by molar-refractivity contribution is 7.98. The minimum Gasteiger partial charge on any atom is -0.475 e. The summed E-state index contributed by atoms with van der Waals surface area (Å²) in [6, 6.07) is 8.31. The Hall–Kier alpha value is -2.28. The number of carbonyl (C=O) groups is 2. The number of carboxylic acid groups (broad SMARTS) is 1. The van der Waals surface area contributed by atoms with E-state index in [0.29, 0.717) is 5.69 Å². The Balaban J connectivity index is 2.08. The van der Waals surface area contributed by atoms with Gasteiger partial charge in [-0.2, -0.15) is 0 Å². The van der Waals surface area contributed by atoms with Crippen LogP contribution in [0.3, 0.4) is 0 Å². The first-order valence-corrected chi connectivity index (χ1v) is 6.48. The summed E-state index contributed by atoms with van der Waals surface area (Å²) >= 11 is 1.59. The van der Waals surface area contributed by atoms with E-state index in [1.54, 1.807) is 23.9 Å². The summed E-state index contributed by atoms with van der Waals surface area (Å²) < 4.78 is 4.51. The molecule has 1 aromatic heterocycles. The highest BCUT2D eigenvalue weighted by Gasteiger charge is 2.16. The molecule has 6 nitrogen and oxygen atoms in total. The fraction of sp³-hybridized carbons (Fsp3) is 0.0833. The third-order valence-corrected chi connectivity index (χ3v) is 3.05. The molecule has 1 aromatic carbocycles. The number of anilines is 1. The zero-order chi connectivity index (χ0) is 13.8. The van der Waals surface area contributed by atoms with E-state index in [9.17, 15) is 9.59 Å². The molecule has 0 saturated heterocycles. The summed E-state index contributed by atoms with van der Waals surface area (Å²) in [6.07, 6.45) is 1.95. The van der Waals surface area contributed by atoms with Gasteiger partial charge in [0.2, 0.25) is 5.76 Å². The molecule has 0 aliphatic heterocycles. The number of aromatic carboxylic acids is 1. The Morgan fingerprint density at radius 1 is 1.32 bits per heavy atom. The molecule has 0 saturated carbocycles. The molecule has 0 radical (unpaired) electrons. The first-order chi connectivity index (χ1) is 9.10. The second-order valence-electron chi connectivity index (χ2n) is 3.56. The van der Waals surface area contributed by atoms with Crippen molar-refractivity contribution < 1.29 is 19.2 Å². The average molecular weight is 278 g/mol. The number of carbonyl (C=O) groups excluding carboxylic acids is 1. The summed E-state index contributed by atoms with van der Waals surface area (Å²) in [6.45, 7) is 0. The number of carboxylic acids is 1. The van der Waals surface area contributed by atoms with Gasteiger partial charge in [-0.25, -0.2) is 4.79 Å². The van der Waals surface area contributed by atoms with Gasteiger partial charge in [-0.05, 0) is 30.5 Å². The number of aromatic nitrogens is 1. The van der Waals surface area contributed by atoms with Gasteiger partial charge in [-0.3, -0.25) is 4.79 Å². The van der Waals surface area contributed by atoms with Crippen molar-refractivity contribution in [3.63, 3.8) is 0 Å². The molecule has 2 aromatic rings. The van der Waals surface area contributed by atoms with Crippen LogP contribution in [0.25, 0.3) is 0 Å². The Morgan fingerprint density at radius 2 is 2.00 bits per heavy atom. The van der Waals surface area contributed by atoms with E-state index >= 15 is 0 Å². The standard InChI is InChI=1S/C12H10N2O4S/c1-19-8-4-2-7(3-5-8)13-11(15)9-6-10(12(16)17)18-14-9/h2-6H,1H3,(H,13,15)(H,16,17). The van der Waals surface area contributed by atoms with Gasteiger partial charge in [0.05, 0.1) is 0 Å². The molecule has 0 fully saturated rings. The van der Waals surface area contributed by atoms with Crippen molar-refractivity contribution in [3.05, 3.63) is 41.8 Å². The number of amides is 1. The van der Waals surface area contributed by atoms with E-state index in [1.165, 1.54) is 0 Å². The summed E-state index contributed by atoms with van der Waals surface area (Å²) in [7, 11) is 0. The second kappa shape index (κ2) is 5.57. The highest BCUT2D eigenvalue weighted by atomic mass is 32.2. The number of thioether (sulfide) groups is 1. The van der Waals surface area contributed by atoms with Crippen molar-refractivity contribution in [1.82, 2.24) is 5.16 Å². The van der Waals surface area contributed by atoms with Crippen LogP contribution in [0.2, 0.25) is 0 Å². The summed E-state index contributed by atoms with van der Waals surface area (Å²) in [4.78, 5) is 23.4. The van der Waals surface area contributed by atoms with E-state index in [0.717, 1.165) is 11.0 Å². The van der Waals surface area contributed by atoms with Crippen molar-refractivity contribution in [1.29, 1.82) is 0 Å². The number of benzene rings is 1. The van der Waals surface area contributed by atoms with Crippen molar-refractivity contribution in [2.24, 2.45) is 0 Å². The fourth-order valence-corrected chi connectivity index (χ4v) is 1.76. The van der Waals surface area contributed by atoms with Gasteiger partial charge in [-0.1, -0.05) is 5.16 Å². The van der Waals surface area contributed by atoms with Gasteiger partial charge in [0.15, 0.2) is 5.69 Å². The topological polar surface area (TPSA) is 92.4 Å². The molecular formula is C12H10N2O4S. The van der Waals surface area contributed by atoms with Crippen LogP contribution < -0.4 is 5.32 Å². The third kappa shape index (κ3) is 3.14. The smallest absolute Gasteiger partial charge is 0.374 e. The predicted octanol–water partition coefficient (Wildman–Crippen LogP) is 2.35. The third-order valence-electron chi connectivity index (χ3n) is 2.30. The lowest BCUT2D eigenvalue weighted by molar-refractivity contribution is 0.0651. The van der Waals surface area contributed by atoms with Crippen LogP contribution in [0.1, 0.15) is 21.0 Å². The monoisotopic (exact) mass is 278 g/mol. The zero-order valence-electron chi connectivity index (χ0n) is 9.91. The summed E-state index contributed by atoms with van der Waals surface area (Å²) in [5.74, 6) is -2.16. The molecule has 1 heterocycles. The van der Waals surface area contributed by atoms with Crippen molar-refractivity contribution in [3.8, 4) is 0 Å². The van der Waals surface area contributed by atoms with Crippen LogP contribution in [-0.4, -0.2) is 28.4 Å². The minimum absolute atomic E-state index is 0.0775. The lowest BCUT2D eigenvalue weighted by Gasteiger charge is -2.03. The SMILES string of the molecule is CSc1ccc(NC(=O)c2cc(C(=O)O)on2)cc1. The average Bonchev–Trinajstić information content (AvgIpc) is 2.89. The summed E-state index contributed by atoms with van der Waals surface area (Å²) in [5.41, 5.74) is 0.522. The number of hydrogen-bond acceptors (Lipinski definition) is 5. The van der Waals surface area contributed by atoms with Crippen LogP contribution in [0.4, 0.5) is 5.69 Å². The van der Waals surface area contributed by atoms with E-state index in [1.807, 2.05) is 18.4 Å². The molecule has 0 atom stereocenters. The van der Waals surface area contributed by atoms with Crippen molar-refractivity contribution >= 4 is 29.3 Å². The molecule has 19 heavy (non-hydrogen) atoms. The minimum atomic E-state index is -1.27. The van der Waals surface area contributed by atoms with Crippen molar-refractivity contribution in [2.45, 2.75) is 4.90 Å². The first-order valence-electron chi connectivity index (χ1n) is 5.25. The second-order valence-corrected chi connectivity index (χ2v) is 4.44. The molecule has 2 N–H and O–H groups in total. The maximum Gasteiger partial charge on any atom is 0.374 e. The van der Waals surface area contributed by atoms with Gasteiger partial charge in [0.1, 0.15) is 0 Å². The predicted molar refractivity (Wildman–Crippen MR) is 69.6 cm³/mol. The molecule has 98 valence electrons. The van der Waals surface area contributed by atoms with E-state index in [2.05, 4.69) is 15.0 Å². The van der Waals surface area contributed by atoms with Crippen LogP contribution in [0, 0.1) is 0 Å². The molecule has 0 bridgehead atoms. The van der Waals surface area contributed by atoms with Crippen LogP contribution >= 0.6 is 11.8 Å². The Labute approximate surface area is 112 Å². The van der Waals surface area contributed by atoms with Gasteiger partial charge < -0.3 is 14.9 Å². The quantitative estimate of drug-likeness (QED) is 0.834.